The first kappa shape index (κ1) is 14.3. The van der Waals surface area contributed by atoms with Gasteiger partial charge in [-0.15, -0.1) is 0 Å². The van der Waals surface area contributed by atoms with Crippen LogP contribution in [-0.2, 0) is 13.0 Å². The van der Waals surface area contributed by atoms with Gasteiger partial charge in [0.25, 0.3) is 5.56 Å². The van der Waals surface area contributed by atoms with Crippen molar-refractivity contribution >= 4 is 5.82 Å². The van der Waals surface area contributed by atoms with Crippen LogP contribution in [0.3, 0.4) is 0 Å². The number of aryl methyl sites for hydroxylation is 2. The number of benzene rings is 1. The summed E-state index contributed by atoms with van der Waals surface area (Å²) in [6.07, 6.45) is 5.43. The average Bonchev–Trinajstić information content (AvgIpc) is 2.48. The van der Waals surface area contributed by atoms with Gasteiger partial charge < -0.3 is 9.47 Å². The second kappa shape index (κ2) is 6.89. The molecule has 0 bridgehead atoms. The van der Waals surface area contributed by atoms with Crippen molar-refractivity contribution in [2.75, 3.05) is 18.5 Å². The summed E-state index contributed by atoms with van der Waals surface area (Å²) in [4.78, 5) is 18.3. The molecular formula is C16H21N3O. The molecule has 0 aliphatic carbocycles. The lowest BCUT2D eigenvalue weighted by molar-refractivity contribution is 0.700. The van der Waals surface area contributed by atoms with Gasteiger partial charge in [0, 0.05) is 32.5 Å². The molecule has 2 aromatic rings. The van der Waals surface area contributed by atoms with Gasteiger partial charge in [-0.1, -0.05) is 30.3 Å². The third-order valence-electron chi connectivity index (χ3n) is 3.40. The van der Waals surface area contributed by atoms with Gasteiger partial charge in [0.15, 0.2) is 5.82 Å². The van der Waals surface area contributed by atoms with Crippen LogP contribution >= 0.6 is 0 Å². The molecule has 0 amide bonds. The van der Waals surface area contributed by atoms with Gasteiger partial charge in [-0.2, -0.15) is 0 Å². The van der Waals surface area contributed by atoms with E-state index in [1.54, 1.807) is 17.0 Å². The molecule has 1 aromatic carbocycles. The molecular weight excluding hydrogens is 250 g/mol. The lowest BCUT2D eigenvalue weighted by atomic mass is 10.1. The lowest BCUT2D eigenvalue weighted by Crippen LogP contribution is -2.31. The van der Waals surface area contributed by atoms with E-state index >= 15 is 0 Å². The Labute approximate surface area is 119 Å². The van der Waals surface area contributed by atoms with E-state index in [-0.39, 0.29) is 5.56 Å². The maximum atomic E-state index is 12.1. The monoisotopic (exact) mass is 271 g/mol. The molecule has 0 spiro atoms. The van der Waals surface area contributed by atoms with Crippen LogP contribution in [-0.4, -0.2) is 23.1 Å². The van der Waals surface area contributed by atoms with Crippen LogP contribution in [0, 0.1) is 0 Å². The summed E-state index contributed by atoms with van der Waals surface area (Å²) in [6, 6.07) is 10.4. The Hall–Kier alpha value is -2.10. The Kier molecular flexibility index (Phi) is 4.93. The van der Waals surface area contributed by atoms with Crippen LogP contribution in [0.25, 0.3) is 0 Å². The van der Waals surface area contributed by atoms with E-state index < -0.39 is 0 Å². The predicted molar refractivity (Wildman–Crippen MR) is 82.2 cm³/mol. The van der Waals surface area contributed by atoms with Crippen molar-refractivity contribution in [2.24, 2.45) is 0 Å². The van der Waals surface area contributed by atoms with E-state index in [0.717, 1.165) is 19.4 Å². The summed E-state index contributed by atoms with van der Waals surface area (Å²) < 4.78 is 1.68. The third-order valence-corrected chi connectivity index (χ3v) is 3.40. The Bertz CT molecular complexity index is 592. The van der Waals surface area contributed by atoms with Crippen LogP contribution < -0.4 is 10.5 Å². The van der Waals surface area contributed by atoms with Crippen molar-refractivity contribution < 1.29 is 0 Å². The molecule has 106 valence electrons. The number of rotatable bonds is 6. The van der Waals surface area contributed by atoms with E-state index in [0.29, 0.717) is 12.4 Å². The Morgan fingerprint density at radius 3 is 2.70 bits per heavy atom. The lowest BCUT2D eigenvalue weighted by Gasteiger charge is -2.18. The van der Waals surface area contributed by atoms with Crippen molar-refractivity contribution in [3.63, 3.8) is 0 Å². The quantitative estimate of drug-likeness (QED) is 0.809. The second-order valence-electron chi connectivity index (χ2n) is 4.85. The van der Waals surface area contributed by atoms with Gasteiger partial charge in [0.1, 0.15) is 0 Å². The molecule has 1 aromatic heterocycles. The fourth-order valence-corrected chi connectivity index (χ4v) is 2.22. The first-order chi connectivity index (χ1) is 9.72. The summed E-state index contributed by atoms with van der Waals surface area (Å²) in [5.41, 5.74) is 1.31. The standard InChI is InChI=1S/C16H21N3O/c1-3-19-13-11-17-15(16(19)20)18(2)12-7-10-14-8-5-4-6-9-14/h4-6,8-9,11,13H,3,7,10,12H2,1-2H3. The van der Waals surface area contributed by atoms with E-state index in [1.165, 1.54) is 5.56 Å². The van der Waals surface area contributed by atoms with Crippen molar-refractivity contribution in [3.05, 3.63) is 58.6 Å². The molecule has 0 saturated heterocycles. The van der Waals surface area contributed by atoms with Gasteiger partial charge in [-0.05, 0) is 25.3 Å². The molecule has 20 heavy (non-hydrogen) atoms. The highest BCUT2D eigenvalue weighted by Crippen LogP contribution is 2.06. The summed E-state index contributed by atoms with van der Waals surface area (Å²) in [5, 5.41) is 0. The van der Waals surface area contributed by atoms with Crippen molar-refractivity contribution in [1.29, 1.82) is 0 Å². The topological polar surface area (TPSA) is 38.1 Å². The molecule has 4 nitrogen and oxygen atoms in total. The Morgan fingerprint density at radius 1 is 1.25 bits per heavy atom. The minimum atomic E-state index is -0.0165. The molecule has 2 rings (SSSR count). The third kappa shape index (κ3) is 3.47. The molecule has 0 N–H and O–H groups in total. The highest BCUT2D eigenvalue weighted by atomic mass is 16.1. The predicted octanol–water partition coefficient (Wildman–Crippen LogP) is 2.33. The normalized spacial score (nSPS) is 10.5. The van der Waals surface area contributed by atoms with Crippen LogP contribution in [0.2, 0.25) is 0 Å². The molecule has 0 fully saturated rings. The zero-order valence-corrected chi connectivity index (χ0v) is 12.1. The van der Waals surface area contributed by atoms with E-state index in [1.807, 2.05) is 24.9 Å². The minimum absolute atomic E-state index is 0.0165. The number of anilines is 1. The summed E-state index contributed by atoms with van der Waals surface area (Å²) in [5.74, 6) is 0.530. The highest BCUT2D eigenvalue weighted by Gasteiger charge is 2.08. The first-order valence-electron chi connectivity index (χ1n) is 7.03. The minimum Gasteiger partial charge on any atom is -0.355 e. The SMILES string of the molecule is CCn1ccnc(N(C)CCCc2ccccc2)c1=O. The number of aromatic nitrogens is 2. The van der Waals surface area contributed by atoms with Crippen molar-refractivity contribution in [2.45, 2.75) is 26.3 Å². The van der Waals surface area contributed by atoms with Gasteiger partial charge in [-0.25, -0.2) is 4.98 Å². The largest absolute Gasteiger partial charge is 0.355 e. The van der Waals surface area contributed by atoms with Crippen LogP contribution in [0.1, 0.15) is 18.9 Å². The van der Waals surface area contributed by atoms with E-state index in [2.05, 4.69) is 29.2 Å². The molecule has 1 heterocycles. The second-order valence-corrected chi connectivity index (χ2v) is 4.85. The Morgan fingerprint density at radius 2 is 2.00 bits per heavy atom. The van der Waals surface area contributed by atoms with Crippen molar-refractivity contribution in [3.8, 4) is 0 Å². The first-order valence-corrected chi connectivity index (χ1v) is 7.03. The zero-order chi connectivity index (χ0) is 14.4. The van der Waals surface area contributed by atoms with E-state index in [9.17, 15) is 4.79 Å². The maximum absolute atomic E-state index is 12.1. The van der Waals surface area contributed by atoms with Gasteiger partial charge in [0.2, 0.25) is 0 Å². The fraction of sp³-hybridized carbons (Fsp3) is 0.375. The van der Waals surface area contributed by atoms with Crippen LogP contribution in [0.4, 0.5) is 5.82 Å². The summed E-state index contributed by atoms with van der Waals surface area (Å²) in [6.45, 7) is 3.46. The van der Waals surface area contributed by atoms with E-state index in [4.69, 9.17) is 0 Å². The average molecular weight is 271 g/mol. The summed E-state index contributed by atoms with van der Waals surface area (Å²) in [7, 11) is 1.93. The number of hydrogen-bond donors (Lipinski definition) is 0. The van der Waals surface area contributed by atoms with Gasteiger partial charge in [0.05, 0.1) is 0 Å². The Balaban J connectivity index is 1.95. The molecule has 0 aliphatic rings. The smallest absolute Gasteiger partial charge is 0.293 e. The molecule has 0 atom stereocenters. The highest BCUT2D eigenvalue weighted by molar-refractivity contribution is 5.34. The molecule has 0 saturated carbocycles. The molecule has 0 radical (unpaired) electrons. The molecule has 0 unspecified atom stereocenters. The maximum Gasteiger partial charge on any atom is 0.293 e. The van der Waals surface area contributed by atoms with Crippen LogP contribution in [0.5, 0.6) is 0 Å². The number of nitrogens with zero attached hydrogens (tertiary/aromatic N) is 3. The zero-order valence-electron chi connectivity index (χ0n) is 12.1. The van der Waals surface area contributed by atoms with Crippen LogP contribution in [0.15, 0.2) is 47.5 Å². The molecule has 4 heteroatoms. The van der Waals surface area contributed by atoms with Gasteiger partial charge in [-0.3, -0.25) is 4.79 Å². The number of hydrogen-bond acceptors (Lipinski definition) is 3. The fourth-order valence-electron chi connectivity index (χ4n) is 2.22. The van der Waals surface area contributed by atoms with Gasteiger partial charge >= 0.3 is 0 Å². The summed E-state index contributed by atoms with van der Waals surface area (Å²) >= 11 is 0. The molecule has 0 aliphatic heterocycles. The van der Waals surface area contributed by atoms with Crippen molar-refractivity contribution in [1.82, 2.24) is 9.55 Å².